The molecule has 0 saturated heterocycles. The van der Waals surface area contributed by atoms with Gasteiger partial charge < -0.3 is 20.7 Å². The number of unbranched alkanes of at least 4 members (excludes halogenated alkanes) is 2. The Labute approximate surface area is 198 Å². The summed E-state index contributed by atoms with van der Waals surface area (Å²) in [4.78, 5) is 49.4. The second-order valence-electron chi connectivity index (χ2n) is 8.15. The van der Waals surface area contributed by atoms with Gasteiger partial charge in [0.15, 0.2) is 0 Å². The van der Waals surface area contributed by atoms with Gasteiger partial charge in [-0.05, 0) is 49.8 Å². The van der Waals surface area contributed by atoms with Gasteiger partial charge in [0.05, 0.1) is 19.8 Å². The molecule has 5 N–H and O–H groups in total. The maximum absolute atomic E-state index is 12.8. The number of rotatable bonds is 9. The largest absolute Gasteiger partial charge is 0.494 e. The highest BCUT2D eigenvalue weighted by molar-refractivity contribution is 5.92. The lowest BCUT2D eigenvalue weighted by Crippen LogP contribution is -2.50. The Morgan fingerprint density at radius 3 is 2.53 bits per heavy atom. The number of fused-ring (bicyclic) bond motifs is 11. The van der Waals surface area contributed by atoms with E-state index in [9.17, 15) is 23.6 Å². The molecule has 2 atom stereocenters. The molecule has 0 aromatic heterocycles. The van der Waals surface area contributed by atoms with Crippen molar-refractivity contribution in [3.05, 3.63) is 29.8 Å². The topological polar surface area (TPSA) is 146 Å². The molecule has 2 heterocycles. The van der Waals surface area contributed by atoms with Crippen LogP contribution in [-0.2, 0) is 25.6 Å². The molecular formula is C23H33FN4O6. The number of amides is 4. The van der Waals surface area contributed by atoms with Crippen molar-refractivity contribution in [1.29, 1.82) is 0 Å². The molecule has 2 aliphatic heterocycles. The maximum atomic E-state index is 12.8. The van der Waals surface area contributed by atoms with Gasteiger partial charge in [-0.2, -0.15) is 0 Å². The minimum Gasteiger partial charge on any atom is -0.494 e. The van der Waals surface area contributed by atoms with E-state index in [0.29, 0.717) is 51.0 Å². The first-order valence-electron chi connectivity index (χ1n) is 11.5. The summed E-state index contributed by atoms with van der Waals surface area (Å²) in [6.45, 7) is 0.0750. The molecule has 1 aromatic carbocycles. The number of halogens is 1. The summed E-state index contributed by atoms with van der Waals surface area (Å²) in [5.41, 5.74) is 2.35. The van der Waals surface area contributed by atoms with Crippen LogP contribution in [0.5, 0.6) is 5.75 Å². The lowest BCUT2D eigenvalue weighted by molar-refractivity contribution is -0.137. The predicted octanol–water partition coefficient (Wildman–Crippen LogP) is 0.770. The van der Waals surface area contributed by atoms with E-state index < -0.39 is 36.4 Å². The van der Waals surface area contributed by atoms with Gasteiger partial charge in [-0.1, -0.05) is 12.1 Å². The Balaban J connectivity index is 2.02. The average Bonchev–Trinajstić information content (AvgIpc) is 2.84. The normalized spacial score (nSPS) is 18.7. The van der Waals surface area contributed by atoms with Crippen molar-refractivity contribution in [1.82, 2.24) is 21.4 Å². The van der Waals surface area contributed by atoms with E-state index >= 15 is 0 Å². The number of hydroxylamine groups is 1. The lowest BCUT2D eigenvalue weighted by Gasteiger charge is -2.21. The Bertz CT molecular complexity index is 820. The van der Waals surface area contributed by atoms with Gasteiger partial charge in [-0.3, -0.25) is 28.8 Å². The van der Waals surface area contributed by atoms with Crippen LogP contribution in [0.25, 0.3) is 0 Å². The van der Waals surface area contributed by atoms with E-state index in [4.69, 9.17) is 9.94 Å². The Morgan fingerprint density at radius 2 is 1.82 bits per heavy atom. The number of ether oxygens (including phenoxy) is 1. The van der Waals surface area contributed by atoms with E-state index in [1.807, 2.05) is 0 Å². The molecule has 10 nitrogen and oxygen atoms in total. The molecule has 34 heavy (non-hydrogen) atoms. The number of carbonyl (C=O) groups excluding carboxylic acids is 4. The third kappa shape index (κ3) is 9.74. The SMILES string of the molecule is O=C(CNC(=O)C1Cc2ccc(cc2)OCCCC(C(=O)NO)CC(=O)N1)NCCCCCF. The standard InChI is InChI=1S/C23H33FN4O6/c24-10-2-1-3-11-25-21(30)15-26-23(32)19-13-16-6-8-18(9-7-16)34-12-4-5-17(22(31)28-33)14-20(29)27-19/h6-9,17,19,33H,1-5,10-15H2,(H,25,30)(H,26,32)(H,27,29)(H,28,31). The van der Waals surface area contributed by atoms with Crippen LogP contribution in [0.3, 0.4) is 0 Å². The first-order valence-corrected chi connectivity index (χ1v) is 11.5. The summed E-state index contributed by atoms with van der Waals surface area (Å²) in [6.07, 6.45) is 2.50. The highest BCUT2D eigenvalue weighted by Crippen LogP contribution is 2.17. The summed E-state index contributed by atoms with van der Waals surface area (Å²) < 4.78 is 17.7. The highest BCUT2D eigenvalue weighted by atomic mass is 19.1. The quantitative estimate of drug-likeness (QED) is 0.201. The minimum absolute atomic E-state index is 0.166. The van der Waals surface area contributed by atoms with Crippen LogP contribution in [0.15, 0.2) is 24.3 Å². The van der Waals surface area contributed by atoms with E-state index in [1.165, 1.54) is 0 Å². The highest BCUT2D eigenvalue weighted by Gasteiger charge is 2.26. The molecule has 4 amide bonds. The van der Waals surface area contributed by atoms with Crippen molar-refractivity contribution in [3.63, 3.8) is 0 Å². The van der Waals surface area contributed by atoms with Crippen LogP contribution in [0, 0.1) is 5.92 Å². The van der Waals surface area contributed by atoms with Crippen molar-refractivity contribution >= 4 is 23.6 Å². The maximum Gasteiger partial charge on any atom is 0.246 e. The summed E-state index contributed by atoms with van der Waals surface area (Å²) in [5, 5.41) is 16.8. The van der Waals surface area contributed by atoms with Gasteiger partial charge in [0.25, 0.3) is 0 Å². The van der Waals surface area contributed by atoms with E-state index in [2.05, 4.69) is 16.0 Å². The Morgan fingerprint density at radius 1 is 1.06 bits per heavy atom. The Kier molecular flexibility index (Phi) is 11.8. The zero-order valence-electron chi connectivity index (χ0n) is 19.1. The number of alkyl halides is 1. The van der Waals surface area contributed by atoms with Crippen LogP contribution in [0.1, 0.15) is 44.1 Å². The summed E-state index contributed by atoms with van der Waals surface area (Å²) in [7, 11) is 0. The Hall–Kier alpha value is -3.21. The molecule has 0 fully saturated rings. The average molecular weight is 481 g/mol. The fraction of sp³-hybridized carbons (Fsp3) is 0.565. The van der Waals surface area contributed by atoms with Crippen molar-refractivity contribution in [2.45, 2.75) is 51.0 Å². The van der Waals surface area contributed by atoms with Crippen molar-refractivity contribution in [2.75, 3.05) is 26.4 Å². The molecule has 1 aromatic rings. The van der Waals surface area contributed by atoms with Crippen LogP contribution >= 0.6 is 0 Å². The zero-order chi connectivity index (χ0) is 24.8. The van der Waals surface area contributed by atoms with Gasteiger partial charge in [0, 0.05) is 25.3 Å². The number of benzene rings is 1. The lowest BCUT2D eigenvalue weighted by atomic mass is 9.97. The number of hydrogen-bond donors (Lipinski definition) is 5. The zero-order valence-corrected chi connectivity index (χ0v) is 19.1. The third-order valence-electron chi connectivity index (χ3n) is 5.45. The van der Waals surface area contributed by atoms with E-state index in [-0.39, 0.29) is 25.3 Å². The van der Waals surface area contributed by atoms with Gasteiger partial charge in [-0.25, -0.2) is 5.48 Å². The smallest absolute Gasteiger partial charge is 0.246 e. The summed E-state index contributed by atoms with van der Waals surface area (Å²) in [5.74, 6) is -2.30. The molecule has 3 rings (SSSR count). The molecule has 2 unspecified atom stereocenters. The first-order chi connectivity index (χ1) is 16.4. The molecule has 188 valence electrons. The van der Waals surface area contributed by atoms with Crippen LogP contribution in [0.4, 0.5) is 4.39 Å². The van der Waals surface area contributed by atoms with E-state index in [1.54, 1.807) is 29.7 Å². The number of carbonyl (C=O) groups is 4. The molecule has 2 bridgehead atoms. The molecule has 2 aliphatic rings. The first kappa shape index (κ1) is 27.0. The minimum atomic E-state index is -0.975. The van der Waals surface area contributed by atoms with Crippen LogP contribution in [-0.4, -0.2) is 61.2 Å². The second kappa shape index (κ2) is 14.8. The van der Waals surface area contributed by atoms with Crippen LogP contribution in [0.2, 0.25) is 0 Å². The fourth-order valence-corrected chi connectivity index (χ4v) is 3.56. The van der Waals surface area contributed by atoms with E-state index in [0.717, 1.165) is 5.56 Å². The third-order valence-corrected chi connectivity index (χ3v) is 5.45. The second-order valence-corrected chi connectivity index (χ2v) is 8.15. The number of nitrogens with one attached hydrogen (secondary N) is 4. The van der Waals surface area contributed by atoms with Gasteiger partial charge in [0.1, 0.15) is 11.8 Å². The molecule has 11 heteroatoms. The molecule has 0 radical (unpaired) electrons. The van der Waals surface area contributed by atoms with Gasteiger partial charge >= 0.3 is 0 Å². The molecule has 0 spiro atoms. The van der Waals surface area contributed by atoms with Crippen LogP contribution < -0.4 is 26.2 Å². The fourth-order valence-electron chi connectivity index (χ4n) is 3.56. The predicted molar refractivity (Wildman–Crippen MR) is 121 cm³/mol. The van der Waals surface area contributed by atoms with Crippen molar-refractivity contribution in [2.24, 2.45) is 5.92 Å². The summed E-state index contributed by atoms with van der Waals surface area (Å²) in [6, 6.07) is 6.12. The number of hydrogen-bond acceptors (Lipinski definition) is 6. The monoisotopic (exact) mass is 480 g/mol. The molecule has 0 aliphatic carbocycles. The van der Waals surface area contributed by atoms with Gasteiger partial charge in [-0.15, -0.1) is 0 Å². The van der Waals surface area contributed by atoms with Gasteiger partial charge in [0.2, 0.25) is 23.6 Å². The summed E-state index contributed by atoms with van der Waals surface area (Å²) >= 11 is 0. The van der Waals surface area contributed by atoms with Crippen molar-refractivity contribution in [3.8, 4) is 5.75 Å². The molecular weight excluding hydrogens is 447 g/mol. The molecule has 0 saturated carbocycles. The van der Waals surface area contributed by atoms with Crippen molar-refractivity contribution < 1.29 is 33.5 Å².